The lowest BCUT2D eigenvalue weighted by atomic mass is 10.2. The number of carbonyl (C=O) groups excluding carboxylic acids is 1. The normalized spacial score (nSPS) is 15.0. The van der Waals surface area contributed by atoms with Gasteiger partial charge in [0.25, 0.3) is 0 Å². The molecule has 1 saturated heterocycles. The van der Waals surface area contributed by atoms with E-state index in [4.69, 9.17) is 18.9 Å². The van der Waals surface area contributed by atoms with Crippen molar-refractivity contribution in [3.63, 3.8) is 0 Å². The Labute approximate surface area is 129 Å². The van der Waals surface area contributed by atoms with Crippen LogP contribution in [-0.4, -0.2) is 57.7 Å². The third kappa shape index (κ3) is 4.11. The molecule has 0 spiro atoms. The molecule has 0 N–H and O–H groups in total. The van der Waals surface area contributed by atoms with Crippen LogP contribution in [-0.2, 0) is 9.53 Å². The summed E-state index contributed by atoms with van der Waals surface area (Å²) in [5, 5.41) is 6.34. The summed E-state index contributed by atoms with van der Waals surface area (Å²) in [5.74, 6) is 0.656. The molecule has 7 nitrogen and oxygen atoms in total. The van der Waals surface area contributed by atoms with Gasteiger partial charge in [0.15, 0.2) is 11.5 Å². The molecule has 1 aromatic rings. The Morgan fingerprint density at radius 1 is 1.23 bits per heavy atom. The number of rotatable bonds is 5. The Bertz CT molecular complexity index is 528. The summed E-state index contributed by atoms with van der Waals surface area (Å²) in [6.07, 6.45) is 1.72. The van der Waals surface area contributed by atoms with Gasteiger partial charge in [-0.25, -0.2) is 0 Å². The Kier molecular flexibility index (Phi) is 5.60. The molecular formula is C15H20N2O5. The van der Waals surface area contributed by atoms with Crippen molar-refractivity contribution in [3.8, 4) is 17.2 Å². The average Bonchev–Trinajstić information content (AvgIpc) is 2.54. The molecule has 0 atom stereocenters. The van der Waals surface area contributed by atoms with Crippen LogP contribution < -0.4 is 14.2 Å². The fourth-order valence-electron chi connectivity index (χ4n) is 2.04. The maximum atomic E-state index is 11.2. The standard InChI is InChI=1S/C15H20N2O5/c1-11(18)22-15-13(19-2)8-12(9-14(15)20-3)10-16-17-4-6-21-7-5-17/h8-10H,4-7H2,1-3H3/b16-10-. The maximum Gasteiger partial charge on any atom is 0.308 e. The van der Waals surface area contributed by atoms with Crippen molar-refractivity contribution in [2.24, 2.45) is 5.10 Å². The number of hydrogen-bond donors (Lipinski definition) is 0. The highest BCUT2D eigenvalue weighted by Crippen LogP contribution is 2.38. The van der Waals surface area contributed by atoms with Crippen LogP contribution in [0.1, 0.15) is 12.5 Å². The predicted octanol–water partition coefficient (Wildman–Crippen LogP) is 1.30. The fourth-order valence-corrected chi connectivity index (χ4v) is 2.04. The first kappa shape index (κ1) is 16.1. The first-order valence-electron chi connectivity index (χ1n) is 6.95. The number of methoxy groups -OCH3 is 2. The van der Waals surface area contributed by atoms with Crippen molar-refractivity contribution >= 4 is 12.2 Å². The number of carbonyl (C=O) groups is 1. The quantitative estimate of drug-likeness (QED) is 0.464. The molecule has 0 aliphatic carbocycles. The zero-order valence-electron chi connectivity index (χ0n) is 13.0. The van der Waals surface area contributed by atoms with Crippen molar-refractivity contribution in [1.29, 1.82) is 0 Å². The second-order valence-corrected chi connectivity index (χ2v) is 4.66. The van der Waals surface area contributed by atoms with Crippen molar-refractivity contribution in [2.75, 3.05) is 40.5 Å². The molecule has 0 amide bonds. The highest BCUT2D eigenvalue weighted by Gasteiger charge is 2.16. The molecule has 1 heterocycles. The lowest BCUT2D eigenvalue weighted by Gasteiger charge is -2.23. The van der Waals surface area contributed by atoms with Crippen molar-refractivity contribution in [1.82, 2.24) is 5.01 Å². The third-order valence-corrected chi connectivity index (χ3v) is 3.09. The minimum absolute atomic E-state index is 0.265. The van der Waals surface area contributed by atoms with Gasteiger partial charge in [0.05, 0.1) is 46.7 Å². The summed E-state index contributed by atoms with van der Waals surface area (Å²) in [4.78, 5) is 11.2. The number of ether oxygens (including phenoxy) is 4. The molecule has 1 aliphatic rings. The van der Waals surface area contributed by atoms with E-state index in [1.165, 1.54) is 21.1 Å². The van der Waals surface area contributed by atoms with Crippen molar-refractivity contribution in [2.45, 2.75) is 6.92 Å². The van der Waals surface area contributed by atoms with Crippen LogP contribution in [0.3, 0.4) is 0 Å². The van der Waals surface area contributed by atoms with Crippen LogP contribution in [0, 0.1) is 0 Å². The average molecular weight is 308 g/mol. The van der Waals surface area contributed by atoms with Gasteiger partial charge in [-0.1, -0.05) is 0 Å². The van der Waals surface area contributed by atoms with E-state index in [1.807, 2.05) is 5.01 Å². The fraction of sp³-hybridized carbons (Fsp3) is 0.467. The van der Waals surface area contributed by atoms with Gasteiger partial charge in [0.1, 0.15) is 0 Å². The first-order chi connectivity index (χ1) is 10.6. The van der Waals surface area contributed by atoms with Gasteiger partial charge in [-0.2, -0.15) is 5.10 Å². The van der Waals surface area contributed by atoms with E-state index >= 15 is 0 Å². The van der Waals surface area contributed by atoms with Gasteiger partial charge in [-0.15, -0.1) is 0 Å². The summed E-state index contributed by atoms with van der Waals surface area (Å²) in [6.45, 7) is 4.20. The molecule has 120 valence electrons. The number of esters is 1. The molecule has 0 aromatic heterocycles. The third-order valence-electron chi connectivity index (χ3n) is 3.09. The van der Waals surface area contributed by atoms with E-state index < -0.39 is 5.97 Å². The Balaban J connectivity index is 2.24. The summed E-state index contributed by atoms with van der Waals surface area (Å²) >= 11 is 0. The molecule has 1 aromatic carbocycles. The number of nitrogens with zero attached hydrogens (tertiary/aromatic N) is 2. The molecule has 1 fully saturated rings. The van der Waals surface area contributed by atoms with Crippen LogP contribution in [0.15, 0.2) is 17.2 Å². The van der Waals surface area contributed by atoms with Crippen LogP contribution >= 0.6 is 0 Å². The Hall–Kier alpha value is -2.28. The van der Waals surface area contributed by atoms with Gasteiger partial charge < -0.3 is 18.9 Å². The molecule has 0 bridgehead atoms. The number of benzene rings is 1. The first-order valence-corrected chi connectivity index (χ1v) is 6.95. The minimum atomic E-state index is -0.439. The molecule has 0 unspecified atom stereocenters. The van der Waals surface area contributed by atoms with Crippen LogP contribution in [0.2, 0.25) is 0 Å². The molecule has 1 aliphatic heterocycles. The minimum Gasteiger partial charge on any atom is -0.493 e. The highest BCUT2D eigenvalue weighted by molar-refractivity contribution is 5.83. The Morgan fingerprint density at radius 3 is 2.32 bits per heavy atom. The molecule has 0 saturated carbocycles. The SMILES string of the molecule is COc1cc(/C=N\N2CCOCC2)cc(OC)c1OC(C)=O. The number of hydrazone groups is 1. The summed E-state index contributed by atoms with van der Waals surface area (Å²) in [6, 6.07) is 3.48. The van der Waals surface area contributed by atoms with E-state index in [2.05, 4.69) is 5.10 Å². The summed E-state index contributed by atoms with van der Waals surface area (Å²) in [5.41, 5.74) is 0.788. The van der Waals surface area contributed by atoms with Crippen LogP contribution in [0.5, 0.6) is 17.2 Å². The molecule has 0 radical (unpaired) electrons. The van der Waals surface area contributed by atoms with Crippen LogP contribution in [0.4, 0.5) is 0 Å². The topological polar surface area (TPSA) is 69.6 Å². The van der Waals surface area contributed by atoms with E-state index in [9.17, 15) is 4.79 Å². The van der Waals surface area contributed by atoms with Gasteiger partial charge in [0, 0.05) is 12.5 Å². The smallest absolute Gasteiger partial charge is 0.308 e. The van der Waals surface area contributed by atoms with Crippen molar-refractivity contribution in [3.05, 3.63) is 17.7 Å². The van der Waals surface area contributed by atoms with Gasteiger partial charge in [-0.3, -0.25) is 9.80 Å². The van der Waals surface area contributed by atoms with Gasteiger partial charge >= 0.3 is 5.97 Å². The molecule has 22 heavy (non-hydrogen) atoms. The van der Waals surface area contributed by atoms with Crippen molar-refractivity contribution < 1.29 is 23.7 Å². The molecule has 2 rings (SSSR count). The summed E-state index contributed by atoms with van der Waals surface area (Å²) < 4.78 is 21.0. The highest BCUT2D eigenvalue weighted by atomic mass is 16.6. The zero-order valence-corrected chi connectivity index (χ0v) is 13.0. The second kappa shape index (κ2) is 7.65. The second-order valence-electron chi connectivity index (χ2n) is 4.66. The number of hydrogen-bond acceptors (Lipinski definition) is 7. The maximum absolute atomic E-state index is 11.2. The lowest BCUT2D eigenvalue weighted by Crippen LogP contribution is -2.32. The summed E-state index contributed by atoms with van der Waals surface area (Å²) in [7, 11) is 3.01. The van der Waals surface area contributed by atoms with E-state index in [-0.39, 0.29) is 5.75 Å². The van der Waals surface area contributed by atoms with E-state index in [0.29, 0.717) is 24.7 Å². The largest absolute Gasteiger partial charge is 0.493 e. The van der Waals surface area contributed by atoms with E-state index in [1.54, 1.807) is 18.3 Å². The molecule has 7 heteroatoms. The van der Waals surface area contributed by atoms with Gasteiger partial charge in [0.2, 0.25) is 5.75 Å². The molecular weight excluding hydrogens is 288 g/mol. The van der Waals surface area contributed by atoms with Crippen LogP contribution in [0.25, 0.3) is 0 Å². The Morgan fingerprint density at radius 2 is 1.82 bits per heavy atom. The monoisotopic (exact) mass is 308 g/mol. The number of morpholine rings is 1. The zero-order chi connectivity index (χ0) is 15.9. The van der Waals surface area contributed by atoms with Gasteiger partial charge in [-0.05, 0) is 12.1 Å². The lowest BCUT2D eigenvalue weighted by molar-refractivity contribution is -0.132. The predicted molar refractivity (Wildman–Crippen MR) is 80.8 cm³/mol. The van der Waals surface area contributed by atoms with E-state index in [0.717, 1.165) is 18.7 Å².